The van der Waals surface area contributed by atoms with Crippen molar-refractivity contribution in [2.75, 3.05) is 0 Å². The van der Waals surface area contributed by atoms with Gasteiger partial charge in [-0.3, -0.25) is 4.79 Å². The summed E-state index contributed by atoms with van der Waals surface area (Å²) >= 11 is 5.93. The molecule has 98 valence electrons. The molecule has 0 aliphatic rings. The van der Waals surface area contributed by atoms with Gasteiger partial charge in [0, 0.05) is 16.5 Å². The van der Waals surface area contributed by atoms with Crippen molar-refractivity contribution in [2.24, 2.45) is 0 Å². The third-order valence-corrected chi connectivity index (χ3v) is 3.18. The first kappa shape index (κ1) is 13.4. The number of carboxylic acid groups (broad SMARTS) is 1. The first-order valence-corrected chi connectivity index (χ1v) is 6.21. The number of rotatable bonds is 4. The Bertz CT molecular complexity index is 581. The minimum absolute atomic E-state index is 0.0551. The molecule has 0 saturated heterocycles. The Kier molecular flexibility index (Phi) is 4.07. The maximum Gasteiger partial charge on any atom is 0.304 e. The molecular weight excluding hydrogens is 264 g/mol. The number of phenolic OH excluding ortho intramolecular Hbond substituents is 1. The molecule has 0 bridgehead atoms. The van der Waals surface area contributed by atoms with Crippen LogP contribution in [0.1, 0.15) is 23.5 Å². The average molecular weight is 277 g/mol. The van der Waals surface area contributed by atoms with E-state index in [4.69, 9.17) is 16.7 Å². The van der Waals surface area contributed by atoms with Crippen molar-refractivity contribution in [3.8, 4) is 5.75 Å². The fourth-order valence-electron chi connectivity index (χ4n) is 2.07. The van der Waals surface area contributed by atoms with E-state index < -0.39 is 11.9 Å². The third-order valence-electron chi connectivity index (χ3n) is 2.95. The number of aromatic hydroxyl groups is 1. The summed E-state index contributed by atoms with van der Waals surface area (Å²) < 4.78 is 0. The molecule has 19 heavy (non-hydrogen) atoms. The number of halogens is 1. The van der Waals surface area contributed by atoms with Gasteiger partial charge in [0.15, 0.2) is 0 Å². The van der Waals surface area contributed by atoms with Gasteiger partial charge in [0.05, 0.1) is 6.42 Å². The highest BCUT2D eigenvalue weighted by Crippen LogP contribution is 2.35. The fourth-order valence-corrected chi connectivity index (χ4v) is 2.25. The molecular formula is C15H13ClO3. The molecule has 0 radical (unpaired) electrons. The number of carboxylic acids is 1. The summed E-state index contributed by atoms with van der Waals surface area (Å²) in [5.74, 6) is -1.29. The van der Waals surface area contributed by atoms with Gasteiger partial charge in [0.1, 0.15) is 5.75 Å². The lowest BCUT2D eigenvalue weighted by molar-refractivity contribution is -0.137. The van der Waals surface area contributed by atoms with Gasteiger partial charge in [-0.2, -0.15) is 0 Å². The van der Waals surface area contributed by atoms with Crippen molar-refractivity contribution < 1.29 is 15.0 Å². The van der Waals surface area contributed by atoms with E-state index in [1.54, 1.807) is 12.1 Å². The second kappa shape index (κ2) is 5.76. The second-order valence-corrected chi connectivity index (χ2v) is 4.70. The van der Waals surface area contributed by atoms with E-state index in [0.29, 0.717) is 10.6 Å². The van der Waals surface area contributed by atoms with Crippen molar-refractivity contribution in [3.63, 3.8) is 0 Å². The minimum Gasteiger partial charge on any atom is -0.508 e. The van der Waals surface area contributed by atoms with Crippen LogP contribution in [0, 0.1) is 0 Å². The van der Waals surface area contributed by atoms with Crippen LogP contribution in [0.2, 0.25) is 5.02 Å². The van der Waals surface area contributed by atoms with Gasteiger partial charge in [-0.25, -0.2) is 0 Å². The summed E-state index contributed by atoms with van der Waals surface area (Å²) in [7, 11) is 0. The van der Waals surface area contributed by atoms with Gasteiger partial charge >= 0.3 is 5.97 Å². The normalized spacial score (nSPS) is 12.1. The lowest BCUT2D eigenvalue weighted by Crippen LogP contribution is -2.08. The van der Waals surface area contributed by atoms with Crippen LogP contribution in [0.3, 0.4) is 0 Å². The summed E-state index contributed by atoms with van der Waals surface area (Å²) in [4.78, 5) is 11.0. The first-order chi connectivity index (χ1) is 9.08. The molecule has 4 heteroatoms. The van der Waals surface area contributed by atoms with Crippen LogP contribution >= 0.6 is 11.6 Å². The van der Waals surface area contributed by atoms with E-state index in [2.05, 4.69) is 0 Å². The topological polar surface area (TPSA) is 57.5 Å². The molecule has 0 spiro atoms. The molecule has 0 aliphatic heterocycles. The van der Waals surface area contributed by atoms with Crippen LogP contribution in [0.15, 0.2) is 48.5 Å². The maximum atomic E-state index is 11.0. The summed E-state index contributed by atoms with van der Waals surface area (Å²) in [5.41, 5.74) is 1.36. The molecule has 0 aromatic heterocycles. The zero-order valence-corrected chi connectivity index (χ0v) is 10.8. The maximum absolute atomic E-state index is 11.0. The fraction of sp³-hybridized carbons (Fsp3) is 0.133. The Hall–Kier alpha value is -2.00. The predicted octanol–water partition coefficient (Wildman–Crippen LogP) is 3.65. The van der Waals surface area contributed by atoms with E-state index in [1.165, 1.54) is 6.07 Å². The number of carbonyl (C=O) groups is 1. The molecule has 1 atom stereocenters. The number of aliphatic carboxylic acids is 1. The molecule has 2 N–H and O–H groups in total. The van der Waals surface area contributed by atoms with Gasteiger partial charge in [0.25, 0.3) is 0 Å². The van der Waals surface area contributed by atoms with Gasteiger partial charge < -0.3 is 10.2 Å². The van der Waals surface area contributed by atoms with E-state index in [1.807, 2.05) is 30.3 Å². The Morgan fingerprint density at radius 2 is 1.84 bits per heavy atom. The van der Waals surface area contributed by atoms with E-state index in [-0.39, 0.29) is 12.2 Å². The quantitative estimate of drug-likeness (QED) is 0.896. The lowest BCUT2D eigenvalue weighted by atomic mass is 9.88. The standard InChI is InChI=1S/C15H13ClO3/c16-11-6-7-14(17)13(8-11)12(9-15(18)19)10-4-2-1-3-5-10/h1-8,12,17H,9H2,(H,18,19)/t12-/m1/s1. The summed E-state index contributed by atoms with van der Waals surface area (Å²) in [6.07, 6.45) is -0.0993. The number of hydrogen-bond acceptors (Lipinski definition) is 2. The van der Waals surface area contributed by atoms with Crippen molar-refractivity contribution >= 4 is 17.6 Å². The van der Waals surface area contributed by atoms with Crippen molar-refractivity contribution in [1.29, 1.82) is 0 Å². The highest BCUT2D eigenvalue weighted by Gasteiger charge is 2.21. The summed E-state index contributed by atoms with van der Waals surface area (Å²) in [5, 5.41) is 19.5. The van der Waals surface area contributed by atoms with Crippen LogP contribution in [-0.2, 0) is 4.79 Å². The predicted molar refractivity (Wildman–Crippen MR) is 73.7 cm³/mol. The van der Waals surface area contributed by atoms with Crippen molar-refractivity contribution in [2.45, 2.75) is 12.3 Å². The van der Waals surface area contributed by atoms with E-state index in [9.17, 15) is 9.90 Å². The molecule has 2 rings (SSSR count). The Labute approximate surface area is 116 Å². The van der Waals surface area contributed by atoms with Crippen LogP contribution < -0.4 is 0 Å². The van der Waals surface area contributed by atoms with Gasteiger partial charge in [-0.05, 0) is 23.8 Å². The van der Waals surface area contributed by atoms with E-state index >= 15 is 0 Å². The van der Waals surface area contributed by atoms with Crippen LogP contribution in [0.5, 0.6) is 5.75 Å². The minimum atomic E-state index is -0.923. The Morgan fingerprint density at radius 3 is 2.47 bits per heavy atom. The average Bonchev–Trinajstić information content (AvgIpc) is 2.40. The van der Waals surface area contributed by atoms with Crippen molar-refractivity contribution in [3.05, 3.63) is 64.7 Å². The van der Waals surface area contributed by atoms with Gasteiger partial charge in [0.2, 0.25) is 0 Å². The van der Waals surface area contributed by atoms with Crippen LogP contribution in [-0.4, -0.2) is 16.2 Å². The zero-order valence-electron chi connectivity index (χ0n) is 10.1. The van der Waals surface area contributed by atoms with Gasteiger partial charge in [-0.1, -0.05) is 41.9 Å². The Balaban J connectivity index is 2.48. The van der Waals surface area contributed by atoms with Crippen molar-refractivity contribution in [1.82, 2.24) is 0 Å². The summed E-state index contributed by atoms with van der Waals surface area (Å²) in [6.45, 7) is 0. The Morgan fingerprint density at radius 1 is 1.16 bits per heavy atom. The molecule has 2 aromatic carbocycles. The highest BCUT2D eigenvalue weighted by atomic mass is 35.5. The zero-order chi connectivity index (χ0) is 13.8. The largest absolute Gasteiger partial charge is 0.508 e. The van der Waals surface area contributed by atoms with Crippen LogP contribution in [0.4, 0.5) is 0 Å². The molecule has 2 aromatic rings. The highest BCUT2D eigenvalue weighted by molar-refractivity contribution is 6.30. The smallest absolute Gasteiger partial charge is 0.304 e. The first-order valence-electron chi connectivity index (χ1n) is 5.83. The number of hydrogen-bond donors (Lipinski definition) is 2. The lowest BCUT2D eigenvalue weighted by Gasteiger charge is -2.17. The van der Waals surface area contributed by atoms with E-state index in [0.717, 1.165) is 5.56 Å². The number of benzene rings is 2. The molecule has 0 unspecified atom stereocenters. The molecule has 0 heterocycles. The van der Waals surface area contributed by atoms with Gasteiger partial charge in [-0.15, -0.1) is 0 Å². The molecule has 3 nitrogen and oxygen atoms in total. The molecule has 0 aliphatic carbocycles. The summed E-state index contributed by atoms with van der Waals surface area (Å²) in [6, 6.07) is 13.9. The molecule has 0 saturated carbocycles. The molecule has 0 fully saturated rings. The van der Waals surface area contributed by atoms with Crippen LogP contribution in [0.25, 0.3) is 0 Å². The number of phenols is 1. The molecule has 0 amide bonds. The SMILES string of the molecule is O=C(O)C[C@H](c1ccccc1)c1cc(Cl)ccc1O. The monoisotopic (exact) mass is 276 g/mol. The second-order valence-electron chi connectivity index (χ2n) is 4.26. The third kappa shape index (κ3) is 3.26.